The Hall–Kier alpha value is -2.82. The van der Waals surface area contributed by atoms with E-state index in [0.717, 1.165) is 18.4 Å². The van der Waals surface area contributed by atoms with Crippen LogP contribution in [0.25, 0.3) is 0 Å². The van der Waals surface area contributed by atoms with Crippen LogP contribution in [0.15, 0.2) is 18.7 Å². The standard InChI is InChI=1S/C18H26N8O3/c1-15-10-20-26(11-15)12-17(28)24-8-9-29-18(13-24)3-6-23(7-4-18)16(27)2-5-25-14-19-21-22-25/h10-11,14H,2-9,12-13H2,1H3. The lowest BCUT2D eigenvalue weighted by molar-refractivity contribution is -0.163. The molecule has 2 aromatic heterocycles. The molecule has 11 nitrogen and oxygen atoms in total. The highest BCUT2D eigenvalue weighted by Crippen LogP contribution is 2.30. The fraction of sp³-hybridized carbons (Fsp3) is 0.667. The van der Waals surface area contributed by atoms with Gasteiger partial charge < -0.3 is 14.5 Å². The minimum atomic E-state index is -0.361. The molecule has 0 N–H and O–H groups in total. The summed E-state index contributed by atoms with van der Waals surface area (Å²) < 4.78 is 9.33. The second-order valence-corrected chi connectivity index (χ2v) is 7.77. The SMILES string of the molecule is Cc1cnn(CC(=O)N2CCOC3(CCN(C(=O)CCn4cnnn4)CC3)C2)c1. The van der Waals surface area contributed by atoms with Gasteiger partial charge in [0.05, 0.1) is 24.9 Å². The molecule has 0 atom stereocenters. The van der Waals surface area contributed by atoms with Crippen molar-refractivity contribution >= 4 is 11.8 Å². The van der Waals surface area contributed by atoms with Gasteiger partial charge in [0.15, 0.2) is 0 Å². The Kier molecular flexibility index (Phi) is 5.56. The number of tetrazole rings is 1. The van der Waals surface area contributed by atoms with Crippen LogP contribution in [0.1, 0.15) is 24.8 Å². The predicted molar refractivity (Wildman–Crippen MR) is 100 cm³/mol. The monoisotopic (exact) mass is 402 g/mol. The first-order chi connectivity index (χ1) is 14.0. The Morgan fingerprint density at radius 1 is 1.14 bits per heavy atom. The molecule has 156 valence electrons. The summed E-state index contributed by atoms with van der Waals surface area (Å²) in [6.45, 7) is 5.62. The minimum absolute atomic E-state index is 0.0516. The molecule has 0 aromatic carbocycles. The zero-order valence-corrected chi connectivity index (χ0v) is 16.6. The number of morpholine rings is 1. The van der Waals surface area contributed by atoms with Crippen molar-refractivity contribution < 1.29 is 14.3 Å². The molecule has 2 amide bonds. The summed E-state index contributed by atoms with van der Waals surface area (Å²) in [7, 11) is 0. The first-order valence-electron chi connectivity index (χ1n) is 9.92. The lowest BCUT2D eigenvalue weighted by Gasteiger charge is -2.47. The summed E-state index contributed by atoms with van der Waals surface area (Å²) in [5.74, 6) is 0.142. The molecule has 0 aliphatic carbocycles. The van der Waals surface area contributed by atoms with Crippen molar-refractivity contribution in [3.63, 3.8) is 0 Å². The first kappa shape index (κ1) is 19.5. The van der Waals surface area contributed by atoms with Gasteiger partial charge in [0, 0.05) is 38.8 Å². The van der Waals surface area contributed by atoms with Gasteiger partial charge in [-0.15, -0.1) is 5.10 Å². The first-order valence-corrected chi connectivity index (χ1v) is 9.92. The number of carbonyl (C=O) groups is 2. The molecule has 29 heavy (non-hydrogen) atoms. The van der Waals surface area contributed by atoms with Gasteiger partial charge in [-0.3, -0.25) is 14.3 Å². The second kappa shape index (κ2) is 8.27. The predicted octanol–water partition coefficient (Wildman–Crippen LogP) is -0.512. The third-order valence-electron chi connectivity index (χ3n) is 5.63. The van der Waals surface area contributed by atoms with Gasteiger partial charge in [-0.25, -0.2) is 4.68 Å². The van der Waals surface area contributed by atoms with Crippen molar-refractivity contribution in [3.8, 4) is 0 Å². The summed E-state index contributed by atoms with van der Waals surface area (Å²) in [5.41, 5.74) is 0.675. The molecule has 11 heteroatoms. The molecule has 1 spiro atoms. The van der Waals surface area contributed by atoms with Crippen LogP contribution in [0.2, 0.25) is 0 Å². The second-order valence-electron chi connectivity index (χ2n) is 7.77. The van der Waals surface area contributed by atoms with E-state index in [4.69, 9.17) is 4.74 Å². The van der Waals surface area contributed by atoms with E-state index in [0.29, 0.717) is 45.8 Å². The third-order valence-corrected chi connectivity index (χ3v) is 5.63. The summed E-state index contributed by atoms with van der Waals surface area (Å²) >= 11 is 0. The molecular weight excluding hydrogens is 376 g/mol. The molecule has 4 rings (SSSR count). The van der Waals surface area contributed by atoms with Crippen LogP contribution in [0, 0.1) is 6.92 Å². The topological polar surface area (TPSA) is 111 Å². The number of aryl methyl sites for hydroxylation is 2. The van der Waals surface area contributed by atoms with E-state index in [9.17, 15) is 9.59 Å². The number of likely N-dealkylation sites (tertiary alicyclic amines) is 1. The maximum atomic E-state index is 12.7. The van der Waals surface area contributed by atoms with Gasteiger partial charge in [0.2, 0.25) is 11.8 Å². The Bertz CT molecular complexity index is 841. The highest BCUT2D eigenvalue weighted by Gasteiger charge is 2.41. The van der Waals surface area contributed by atoms with Gasteiger partial charge in [-0.1, -0.05) is 0 Å². The van der Waals surface area contributed by atoms with Gasteiger partial charge >= 0.3 is 0 Å². The van der Waals surface area contributed by atoms with E-state index in [1.807, 2.05) is 22.9 Å². The number of nitrogens with zero attached hydrogens (tertiary/aromatic N) is 8. The summed E-state index contributed by atoms with van der Waals surface area (Å²) in [4.78, 5) is 28.9. The fourth-order valence-corrected chi connectivity index (χ4v) is 3.97. The summed E-state index contributed by atoms with van der Waals surface area (Å²) in [6.07, 6.45) is 6.95. The number of amides is 2. The van der Waals surface area contributed by atoms with Crippen molar-refractivity contribution in [2.75, 3.05) is 32.8 Å². The smallest absolute Gasteiger partial charge is 0.244 e. The number of hydrogen-bond acceptors (Lipinski definition) is 7. The molecule has 2 aliphatic heterocycles. The Labute approximate surface area is 168 Å². The molecule has 0 radical (unpaired) electrons. The molecule has 2 saturated heterocycles. The van der Waals surface area contributed by atoms with E-state index in [1.54, 1.807) is 15.6 Å². The number of hydrogen-bond donors (Lipinski definition) is 0. The minimum Gasteiger partial charge on any atom is -0.371 e. The van der Waals surface area contributed by atoms with Crippen molar-refractivity contribution in [1.29, 1.82) is 0 Å². The zero-order valence-electron chi connectivity index (χ0n) is 16.6. The maximum Gasteiger partial charge on any atom is 0.244 e. The molecule has 2 aliphatic rings. The lowest BCUT2D eigenvalue weighted by Crippen LogP contribution is -2.59. The number of rotatable bonds is 5. The largest absolute Gasteiger partial charge is 0.371 e. The summed E-state index contributed by atoms with van der Waals surface area (Å²) in [6, 6.07) is 0. The van der Waals surface area contributed by atoms with E-state index < -0.39 is 0 Å². The lowest BCUT2D eigenvalue weighted by atomic mass is 9.89. The number of carbonyl (C=O) groups excluding carboxylic acids is 2. The van der Waals surface area contributed by atoms with Crippen LogP contribution in [-0.4, -0.2) is 90.0 Å². The molecule has 0 saturated carbocycles. The highest BCUT2D eigenvalue weighted by atomic mass is 16.5. The third kappa shape index (κ3) is 4.61. The van der Waals surface area contributed by atoms with Gasteiger partial charge in [0.1, 0.15) is 12.9 Å². The van der Waals surface area contributed by atoms with Gasteiger partial charge in [-0.05, 0) is 35.8 Å². The van der Waals surface area contributed by atoms with Crippen LogP contribution >= 0.6 is 0 Å². The molecule has 2 fully saturated rings. The van der Waals surface area contributed by atoms with Crippen molar-refractivity contribution in [3.05, 3.63) is 24.3 Å². The van der Waals surface area contributed by atoms with Crippen LogP contribution in [0.5, 0.6) is 0 Å². The van der Waals surface area contributed by atoms with Crippen molar-refractivity contribution in [2.45, 2.75) is 44.9 Å². The average Bonchev–Trinajstić information content (AvgIpc) is 3.38. The zero-order chi connectivity index (χ0) is 20.3. The molecule has 4 heterocycles. The van der Waals surface area contributed by atoms with Crippen molar-refractivity contribution in [2.24, 2.45) is 0 Å². The van der Waals surface area contributed by atoms with E-state index in [2.05, 4.69) is 20.6 Å². The highest BCUT2D eigenvalue weighted by molar-refractivity contribution is 5.77. The van der Waals surface area contributed by atoms with Crippen molar-refractivity contribution in [1.82, 2.24) is 39.8 Å². The van der Waals surface area contributed by atoms with E-state index in [-0.39, 0.29) is 24.0 Å². The van der Waals surface area contributed by atoms with E-state index >= 15 is 0 Å². The normalized spacial score (nSPS) is 18.9. The van der Waals surface area contributed by atoms with Gasteiger partial charge in [-0.2, -0.15) is 5.10 Å². The Morgan fingerprint density at radius 3 is 2.66 bits per heavy atom. The summed E-state index contributed by atoms with van der Waals surface area (Å²) in [5, 5.41) is 15.1. The Balaban J connectivity index is 1.28. The fourth-order valence-electron chi connectivity index (χ4n) is 3.97. The quantitative estimate of drug-likeness (QED) is 0.662. The van der Waals surface area contributed by atoms with Crippen LogP contribution in [0.4, 0.5) is 0 Å². The Morgan fingerprint density at radius 2 is 1.97 bits per heavy atom. The van der Waals surface area contributed by atoms with Crippen LogP contribution in [-0.2, 0) is 27.4 Å². The maximum absolute atomic E-state index is 12.7. The van der Waals surface area contributed by atoms with Crippen LogP contribution in [0.3, 0.4) is 0 Å². The number of aromatic nitrogens is 6. The molecule has 0 unspecified atom stereocenters. The molecular formula is C18H26N8O3. The number of ether oxygens (including phenoxy) is 1. The average molecular weight is 402 g/mol. The van der Waals surface area contributed by atoms with Gasteiger partial charge in [0.25, 0.3) is 0 Å². The molecule has 2 aromatic rings. The van der Waals surface area contributed by atoms with Crippen LogP contribution < -0.4 is 0 Å². The molecule has 0 bridgehead atoms. The number of piperidine rings is 1. The van der Waals surface area contributed by atoms with E-state index in [1.165, 1.54) is 6.33 Å².